The van der Waals surface area contributed by atoms with Crippen LogP contribution < -0.4 is 5.32 Å². The molecule has 2 saturated heterocycles. The normalized spacial score (nSPS) is 22.2. The minimum atomic E-state index is -0.0132. The van der Waals surface area contributed by atoms with Crippen molar-refractivity contribution in [2.45, 2.75) is 6.04 Å². The smallest absolute Gasteiger partial charge is 0.317 e. The zero-order valence-electron chi connectivity index (χ0n) is 10.3. The van der Waals surface area contributed by atoms with Gasteiger partial charge in [-0.1, -0.05) is 15.9 Å². The minimum Gasteiger partial charge on any atom is -0.336 e. The Labute approximate surface area is 119 Å². The Balaban J connectivity index is 1.72. The summed E-state index contributed by atoms with van der Waals surface area (Å²) in [5, 5.41) is 2.81. The van der Waals surface area contributed by atoms with E-state index in [0.717, 1.165) is 4.47 Å². The zero-order valence-corrected chi connectivity index (χ0v) is 11.9. The van der Waals surface area contributed by atoms with Gasteiger partial charge in [0, 0.05) is 36.2 Å². The third-order valence-corrected chi connectivity index (χ3v) is 4.14. The molecule has 2 heterocycles. The van der Waals surface area contributed by atoms with Crippen LogP contribution >= 0.6 is 15.9 Å². The molecule has 1 atom stereocenters. The number of halogens is 1. The third-order valence-electron chi connectivity index (χ3n) is 3.61. The maximum Gasteiger partial charge on any atom is 0.317 e. The van der Waals surface area contributed by atoms with E-state index in [1.165, 1.54) is 0 Å². The van der Waals surface area contributed by atoms with Gasteiger partial charge in [0.2, 0.25) is 0 Å². The molecule has 0 bridgehead atoms. The van der Waals surface area contributed by atoms with E-state index in [1.54, 1.807) is 0 Å². The predicted molar refractivity (Wildman–Crippen MR) is 73.9 cm³/mol. The first kappa shape index (κ1) is 12.5. The van der Waals surface area contributed by atoms with E-state index < -0.39 is 0 Å². The summed E-state index contributed by atoms with van der Waals surface area (Å²) >= 11 is 3.36. The molecule has 3 amide bonds. The summed E-state index contributed by atoms with van der Waals surface area (Å²) in [4.78, 5) is 27.5. The van der Waals surface area contributed by atoms with Gasteiger partial charge in [-0.2, -0.15) is 0 Å². The van der Waals surface area contributed by atoms with Crippen LogP contribution in [0.3, 0.4) is 0 Å². The van der Waals surface area contributed by atoms with Gasteiger partial charge in [0.25, 0.3) is 5.91 Å². The first-order valence-corrected chi connectivity index (χ1v) is 7.04. The molecule has 2 aliphatic rings. The van der Waals surface area contributed by atoms with Gasteiger partial charge < -0.3 is 15.1 Å². The van der Waals surface area contributed by atoms with Crippen molar-refractivity contribution >= 4 is 27.9 Å². The van der Waals surface area contributed by atoms with Crippen molar-refractivity contribution in [3.8, 4) is 0 Å². The Morgan fingerprint density at radius 3 is 2.74 bits per heavy atom. The summed E-state index contributed by atoms with van der Waals surface area (Å²) < 4.78 is 0.958. The maximum atomic E-state index is 12.4. The highest BCUT2D eigenvalue weighted by Gasteiger charge is 2.36. The number of hydrogen-bond donors (Lipinski definition) is 1. The van der Waals surface area contributed by atoms with Crippen molar-refractivity contribution in [2.75, 3.05) is 26.2 Å². The van der Waals surface area contributed by atoms with Crippen molar-refractivity contribution in [2.24, 2.45) is 0 Å². The van der Waals surface area contributed by atoms with E-state index in [0.29, 0.717) is 31.7 Å². The highest BCUT2D eigenvalue weighted by atomic mass is 79.9. The van der Waals surface area contributed by atoms with Crippen LogP contribution in [0.15, 0.2) is 28.7 Å². The number of hydrogen-bond acceptors (Lipinski definition) is 2. The second kappa shape index (κ2) is 4.85. The number of nitrogens with zero attached hydrogens (tertiary/aromatic N) is 2. The quantitative estimate of drug-likeness (QED) is 0.847. The molecule has 1 aromatic carbocycles. The van der Waals surface area contributed by atoms with Crippen LogP contribution in [-0.2, 0) is 0 Å². The molecular formula is C13H14BrN3O2. The molecule has 6 heteroatoms. The Morgan fingerprint density at radius 1 is 1.26 bits per heavy atom. The lowest BCUT2D eigenvalue weighted by molar-refractivity contribution is 0.0617. The number of carbonyl (C=O) groups excluding carboxylic acids is 2. The molecule has 1 aromatic rings. The van der Waals surface area contributed by atoms with Crippen LogP contribution in [0.4, 0.5) is 4.79 Å². The molecule has 100 valence electrons. The van der Waals surface area contributed by atoms with Crippen LogP contribution in [0, 0.1) is 0 Å². The molecule has 0 saturated carbocycles. The van der Waals surface area contributed by atoms with Gasteiger partial charge in [-0.25, -0.2) is 4.79 Å². The number of benzene rings is 1. The molecule has 2 fully saturated rings. The Kier molecular flexibility index (Phi) is 3.18. The molecule has 0 aliphatic carbocycles. The fourth-order valence-electron chi connectivity index (χ4n) is 2.56. The number of urea groups is 1. The van der Waals surface area contributed by atoms with Crippen LogP contribution in [0.5, 0.6) is 0 Å². The van der Waals surface area contributed by atoms with Crippen molar-refractivity contribution < 1.29 is 9.59 Å². The molecule has 0 spiro atoms. The number of fused-ring (bicyclic) bond motifs is 1. The van der Waals surface area contributed by atoms with Gasteiger partial charge in [0.05, 0.1) is 6.04 Å². The highest BCUT2D eigenvalue weighted by molar-refractivity contribution is 9.10. The standard InChI is InChI=1S/C13H14BrN3O2/c14-10-3-1-9(2-4-10)12(18)16-5-6-17-11(8-16)7-15-13(17)19/h1-4,11H,5-8H2,(H,15,19). The molecular weight excluding hydrogens is 310 g/mol. The number of nitrogens with one attached hydrogen (secondary N) is 1. The lowest BCUT2D eigenvalue weighted by Crippen LogP contribution is -2.53. The fraction of sp³-hybridized carbons (Fsp3) is 0.385. The van der Waals surface area contributed by atoms with Gasteiger partial charge in [-0.3, -0.25) is 4.79 Å². The van der Waals surface area contributed by atoms with Crippen LogP contribution in [-0.4, -0.2) is 54.0 Å². The first-order chi connectivity index (χ1) is 9.15. The summed E-state index contributed by atoms with van der Waals surface area (Å²) in [6.07, 6.45) is 0. The average Bonchev–Trinajstić information content (AvgIpc) is 2.80. The summed E-state index contributed by atoms with van der Waals surface area (Å²) in [5.74, 6) is 0.0338. The molecule has 2 aliphatic heterocycles. The lowest BCUT2D eigenvalue weighted by atomic mass is 10.1. The minimum absolute atomic E-state index is 0.0132. The van der Waals surface area contributed by atoms with Gasteiger partial charge in [0.15, 0.2) is 0 Å². The lowest BCUT2D eigenvalue weighted by Gasteiger charge is -2.36. The zero-order chi connectivity index (χ0) is 13.4. The maximum absolute atomic E-state index is 12.4. The summed E-state index contributed by atoms with van der Waals surface area (Å²) in [6.45, 7) is 2.44. The number of amides is 3. The third kappa shape index (κ3) is 2.32. The van der Waals surface area contributed by atoms with Crippen LogP contribution in [0.25, 0.3) is 0 Å². The van der Waals surface area contributed by atoms with Gasteiger partial charge in [-0.05, 0) is 24.3 Å². The van der Waals surface area contributed by atoms with Crippen molar-refractivity contribution in [3.63, 3.8) is 0 Å². The van der Waals surface area contributed by atoms with E-state index >= 15 is 0 Å². The molecule has 0 radical (unpaired) electrons. The molecule has 5 nitrogen and oxygen atoms in total. The summed E-state index contributed by atoms with van der Waals surface area (Å²) in [5.41, 5.74) is 0.689. The molecule has 1 N–H and O–H groups in total. The van der Waals surface area contributed by atoms with E-state index in [4.69, 9.17) is 0 Å². The molecule has 0 aromatic heterocycles. The largest absolute Gasteiger partial charge is 0.336 e. The number of carbonyl (C=O) groups is 2. The van der Waals surface area contributed by atoms with Gasteiger partial charge >= 0.3 is 6.03 Å². The monoisotopic (exact) mass is 323 g/mol. The predicted octanol–water partition coefficient (Wildman–Crippen LogP) is 1.30. The highest BCUT2D eigenvalue weighted by Crippen LogP contribution is 2.17. The SMILES string of the molecule is O=C(c1ccc(Br)cc1)N1CCN2C(=O)NCC2C1. The molecule has 3 rings (SSSR count). The van der Waals surface area contributed by atoms with Gasteiger partial charge in [0.1, 0.15) is 0 Å². The van der Waals surface area contributed by atoms with Crippen LogP contribution in [0.2, 0.25) is 0 Å². The van der Waals surface area contributed by atoms with E-state index in [1.807, 2.05) is 34.1 Å². The van der Waals surface area contributed by atoms with Crippen molar-refractivity contribution in [1.82, 2.24) is 15.1 Å². The Bertz CT molecular complexity index is 517. The first-order valence-electron chi connectivity index (χ1n) is 6.24. The van der Waals surface area contributed by atoms with Gasteiger partial charge in [-0.15, -0.1) is 0 Å². The fourth-order valence-corrected chi connectivity index (χ4v) is 2.83. The summed E-state index contributed by atoms with van der Waals surface area (Å²) in [7, 11) is 0. The second-order valence-corrected chi connectivity index (χ2v) is 5.71. The topological polar surface area (TPSA) is 52.7 Å². The van der Waals surface area contributed by atoms with E-state index in [9.17, 15) is 9.59 Å². The molecule has 1 unspecified atom stereocenters. The van der Waals surface area contributed by atoms with E-state index in [-0.39, 0.29) is 18.0 Å². The van der Waals surface area contributed by atoms with Crippen molar-refractivity contribution in [3.05, 3.63) is 34.3 Å². The van der Waals surface area contributed by atoms with Crippen molar-refractivity contribution in [1.29, 1.82) is 0 Å². The second-order valence-electron chi connectivity index (χ2n) is 4.79. The number of piperazine rings is 1. The number of rotatable bonds is 1. The Morgan fingerprint density at radius 2 is 2.00 bits per heavy atom. The Hall–Kier alpha value is -1.56. The van der Waals surface area contributed by atoms with E-state index in [2.05, 4.69) is 21.2 Å². The average molecular weight is 324 g/mol. The van der Waals surface area contributed by atoms with Crippen LogP contribution in [0.1, 0.15) is 10.4 Å². The molecule has 19 heavy (non-hydrogen) atoms. The summed E-state index contributed by atoms with van der Waals surface area (Å²) in [6, 6.07) is 7.46.